The lowest BCUT2D eigenvalue weighted by Crippen LogP contribution is -2.14. The number of pyridine rings is 1. The summed E-state index contributed by atoms with van der Waals surface area (Å²) in [4.78, 5) is 4.15. The molecule has 96 valence electrons. The number of aromatic nitrogens is 4. The largest absolute Gasteiger partial charge is 0.367 e. The molecule has 0 aliphatic heterocycles. The fourth-order valence-electron chi connectivity index (χ4n) is 1.33. The Bertz CT molecular complexity index is 514. The van der Waals surface area contributed by atoms with Gasteiger partial charge in [0.25, 0.3) is 0 Å². The van der Waals surface area contributed by atoms with Crippen molar-refractivity contribution >= 4 is 34.8 Å². The molecule has 0 aromatic carbocycles. The van der Waals surface area contributed by atoms with E-state index in [2.05, 4.69) is 26.0 Å². The van der Waals surface area contributed by atoms with Crippen molar-refractivity contribution in [1.82, 2.24) is 20.0 Å². The van der Waals surface area contributed by atoms with Crippen molar-refractivity contribution < 1.29 is 0 Å². The summed E-state index contributed by atoms with van der Waals surface area (Å²) in [5.41, 5.74) is 2.40. The predicted molar refractivity (Wildman–Crippen MR) is 70.6 cm³/mol. The van der Waals surface area contributed by atoms with Crippen LogP contribution in [0.2, 0.25) is 10.0 Å². The lowest BCUT2D eigenvalue weighted by Gasteiger charge is -2.10. The van der Waals surface area contributed by atoms with Gasteiger partial charge < -0.3 is 10.7 Å². The molecular formula is C9H11Cl2N7. The van der Waals surface area contributed by atoms with E-state index in [-0.39, 0.29) is 0 Å². The Morgan fingerprint density at radius 3 is 2.72 bits per heavy atom. The number of hydrogen-bond donors (Lipinski definition) is 3. The minimum Gasteiger partial charge on any atom is -0.367 e. The van der Waals surface area contributed by atoms with Crippen molar-refractivity contribution in [2.24, 2.45) is 5.84 Å². The highest BCUT2D eigenvalue weighted by Crippen LogP contribution is 2.28. The summed E-state index contributed by atoms with van der Waals surface area (Å²) in [6, 6.07) is 1.57. The molecule has 2 aromatic heterocycles. The molecule has 0 saturated heterocycles. The maximum atomic E-state index is 6.01. The van der Waals surface area contributed by atoms with Gasteiger partial charge in [0.2, 0.25) is 0 Å². The second-order valence-electron chi connectivity index (χ2n) is 3.39. The van der Waals surface area contributed by atoms with Gasteiger partial charge in [-0.1, -0.05) is 28.4 Å². The van der Waals surface area contributed by atoms with E-state index in [1.54, 1.807) is 23.1 Å². The van der Waals surface area contributed by atoms with E-state index in [9.17, 15) is 0 Å². The molecule has 0 aliphatic rings. The first-order valence-electron chi connectivity index (χ1n) is 5.11. The molecule has 0 amide bonds. The Hall–Kier alpha value is -1.57. The van der Waals surface area contributed by atoms with Gasteiger partial charge in [-0.15, -0.1) is 5.10 Å². The Balaban J connectivity index is 2.00. The van der Waals surface area contributed by atoms with Gasteiger partial charge in [0.15, 0.2) is 5.82 Å². The highest BCUT2D eigenvalue weighted by Gasteiger charge is 2.08. The zero-order valence-electron chi connectivity index (χ0n) is 9.27. The molecule has 2 aromatic rings. The van der Waals surface area contributed by atoms with E-state index in [1.165, 1.54) is 0 Å². The second-order valence-corrected chi connectivity index (χ2v) is 4.20. The minimum absolute atomic E-state index is 0.365. The van der Waals surface area contributed by atoms with Gasteiger partial charge in [-0.3, -0.25) is 4.68 Å². The molecule has 18 heavy (non-hydrogen) atoms. The summed E-state index contributed by atoms with van der Waals surface area (Å²) in [5, 5.41) is 11.4. The molecule has 0 fully saturated rings. The van der Waals surface area contributed by atoms with Crippen molar-refractivity contribution in [3.8, 4) is 0 Å². The summed E-state index contributed by atoms with van der Waals surface area (Å²) < 4.78 is 1.69. The summed E-state index contributed by atoms with van der Waals surface area (Å²) in [6.07, 6.45) is 3.38. The van der Waals surface area contributed by atoms with E-state index >= 15 is 0 Å². The summed E-state index contributed by atoms with van der Waals surface area (Å²) in [5.74, 6) is 6.16. The summed E-state index contributed by atoms with van der Waals surface area (Å²) in [6.45, 7) is 1.24. The highest BCUT2D eigenvalue weighted by atomic mass is 35.5. The molecule has 7 nitrogen and oxygen atoms in total. The number of nitrogen functional groups attached to an aromatic ring is 1. The van der Waals surface area contributed by atoms with Gasteiger partial charge in [-0.2, -0.15) is 0 Å². The zero-order valence-corrected chi connectivity index (χ0v) is 10.8. The molecule has 0 bridgehead atoms. The fourth-order valence-corrected chi connectivity index (χ4v) is 1.81. The first kappa shape index (κ1) is 12.9. The third-order valence-electron chi connectivity index (χ3n) is 2.17. The number of nitrogens with two attached hydrogens (primary N) is 1. The van der Waals surface area contributed by atoms with E-state index < -0.39 is 0 Å². The van der Waals surface area contributed by atoms with Gasteiger partial charge in [0.1, 0.15) is 5.82 Å². The third-order valence-corrected chi connectivity index (χ3v) is 2.75. The van der Waals surface area contributed by atoms with E-state index in [0.717, 1.165) is 0 Å². The van der Waals surface area contributed by atoms with Crippen LogP contribution in [-0.2, 0) is 6.54 Å². The molecule has 0 saturated carbocycles. The van der Waals surface area contributed by atoms with Crippen LogP contribution in [0, 0.1) is 0 Å². The third kappa shape index (κ3) is 3.00. The fraction of sp³-hybridized carbons (Fsp3) is 0.222. The molecule has 0 aliphatic carbocycles. The van der Waals surface area contributed by atoms with Crippen LogP contribution in [0.1, 0.15) is 0 Å². The summed E-state index contributed by atoms with van der Waals surface area (Å²) in [7, 11) is 0. The maximum Gasteiger partial charge on any atom is 0.161 e. The van der Waals surface area contributed by atoms with Crippen molar-refractivity contribution in [1.29, 1.82) is 0 Å². The van der Waals surface area contributed by atoms with Crippen LogP contribution >= 0.6 is 23.2 Å². The number of anilines is 2. The molecular weight excluding hydrogens is 277 g/mol. The van der Waals surface area contributed by atoms with Crippen LogP contribution < -0.4 is 16.6 Å². The average molecular weight is 288 g/mol. The lowest BCUT2D eigenvalue weighted by molar-refractivity contribution is 0.608. The topological polar surface area (TPSA) is 93.7 Å². The lowest BCUT2D eigenvalue weighted by atomic mass is 10.4. The quantitative estimate of drug-likeness (QED) is 0.568. The smallest absolute Gasteiger partial charge is 0.161 e. The number of nitrogens with zero attached hydrogens (tertiary/aromatic N) is 4. The van der Waals surface area contributed by atoms with Crippen molar-refractivity contribution in [2.75, 3.05) is 17.3 Å². The summed E-state index contributed by atoms with van der Waals surface area (Å²) >= 11 is 11.9. The Labute approximate surface area is 113 Å². The standard InChI is InChI=1S/C9H11Cl2N7/c10-6-5-7(11)9(16-12)15-8(6)13-1-3-18-4-2-14-17-18/h2,4-5H,1,3,12H2,(H2,13,15,16). The number of nitrogens with one attached hydrogen (secondary N) is 2. The number of hydrogen-bond acceptors (Lipinski definition) is 6. The van der Waals surface area contributed by atoms with E-state index in [4.69, 9.17) is 29.0 Å². The van der Waals surface area contributed by atoms with Gasteiger partial charge in [-0.05, 0) is 6.07 Å². The van der Waals surface area contributed by atoms with Gasteiger partial charge in [-0.25, -0.2) is 10.8 Å². The average Bonchev–Trinajstić information content (AvgIpc) is 2.85. The highest BCUT2D eigenvalue weighted by molar-refractivity contribution is 6.37. The SMILES string of the molecule is NNc1nc(NCCn2ccnn2)c(Cl)cc1Cl. The van der Waals surface area contributed by atoms with Gasteiger partial charge in [0, 0.05) is 12.7 Å². The monoisotopic (exact) mass is 287 g/mol. The molecule has 4 N–H and O–H groups in total. The molecule has 0 unspecified atom stereocenters. The van der Waals surface area contributed by atoms with Crippen LogP contribution in [0.4, 0.5) is 11.6 Å². The van der Waals surface area contributed by atoms with Crippen LogP contribution in [0.3, 0.4) is 0 Å². The molecule has 2 rings (SSSR count). The van der Waals surface area contributed by atoms with Gasteiger partial charge >= 0.3 is 0 Å². The molecule has 0 radical (unpaired) electrons. The number of rotatable bonds is 5. The predicted octanol–water partition coefficient (Wildman–Crippen LogP) is 1.38. The Morgan fingerprint density at radius 1 is 1.28 bits per heavy atom. The minimum atomic E-state index is 0.365. The Kier molecular flexibility index (Phi) is 4.19. The molecule has 9 heteroatoms. The van der Waals surface area contributed by atoms with Crippen LogP contribution in [-0.4, -0.2) is 26.5 Å². The normalized spacial score (nSPS) is 10.4. The number of halogens is 2. The van der Waals surface area contributed by atoms with Crippen molar-refractivity contribution in [3.05, 3.63) is 28.5 Å². The van der Waals surface area contributed by atoms with E-state index in [1.807, 2.05) is 0 Å². The van der Waals surface area contributed by atoms with Crippen molar-refractivity contribution in [3.63, 3.8) is 0 Å². The second kappa shape index (κ2) is 5.85. The number of hydrazine groups is 1. The zero-order chi connectivity index (χ0) is 13.0. The first-order valence-corrected chi connectivity index (χ1v) is 5.87. The van der Waals surface area contributed by atoms with Crippen LogP contribution in [0.25, 0.3) is 0 Å². The Morgan fingerprint density at radius 2 is 2.06 bits per heavy atom. The van der Waals surface area contributed by atoms with E-state index in [0.29, 0.717) is 34.8 Å². The van der Waals surface area contributed by atoms with Crippen LogP contribution in [0.15, 0.2) is 18.5 Å². The van der Waals surface area contributed by atoms with Crippen molar-refractivity contribution in [2.45, 2.75) is 6.54 Å². The maximum absolute atomic E-state index is 6.01. The molecule has 0 spiro atoms. The van der Waals surface area contributed by atoms with Gasteiger partial charge in [0.05, 0.1) is 22.8 Å². The van der Waals surface area contributed by atoms with Crippen LogP contribution in [0.5, 0.6) is 0 Å². The molecule has 0 atom stereocenters. The first-order chi connectivity index (χ1) is 8.70. The molecule has 2 heterocycles.